The molecule has 0 saturated carbocycles. The second kappa shape index (κ2) is 9.87. The molecule has 6 nitrogen and oxygen atoms in total. The predicted octanol–water partition coefficient (Wildman–Crippen LogP) is 5.65. The van der Waals surface area contributed by atoms with E-state index in [2.05, 4.69) is 15.9 Å². The van der Waals surface area contributed by atoms with Crippen LogP contribution in [-0.2, 0) is 27.2 Å². The standard InChI is InChI=1S/C25H22BrNO5/c1-30-24(28)13-17-6-5-9-21(12-17)32-23-11-10-20(26)14-19(23)15-27-22(16-31-25(27)29)18-7-3-2-4-8-18/h2-12,14,22H,13,15-16H2,1H3/t22-/m1/s1. The summed E-state index contributed by atoms with van der Waals surface area (Å²) in [4.78, 5) is 25.8. The summed E-state index contributed by atoms with van der Waals surface area (Å²) in [5.74, 6) is 0.902. The molecule has 0 radical (unpaired) electrons. The van der Waals surface area contributed by atoms with Crippen LogP contribution in [0.25, 0.3) is 0 Å². The first-order chi connectivity index (χ1) is 15.5. The van der Waals surface area contributed by atoms with Gasteiger partial charge in [-0.1, -0.05) is 58.4 Å². The molecule has 1 aliphatic heterocycles. The minimum atomic E-state index is -0.357. The number of methoxy groups -OCH3 is 1. The number of halogens is 1. The monoisotopic (exact) mass is 495 g/mol. The Kier molecular flexibility index (Phi) is 6.75. The maximum absolute atomic E-state index is 12.5. The van der Waals surface area contributed by atoms with Crippen molar-refractivity contribution in [1.29, 1.82) is 0 Å². The molecular weight excluding hydrogens is 474 g/mol. The van der Waals surface area contributed by atoms with Crippen molar-refractivity contribution in [2.45, 2.75) is 19.0 Å². The van der Waals surface area contributed by atoms with E-state index in [-0.39, 0.29) is 24.5 Å². The summed E-state index contributed by atoms with van der Waals surface area (Å²) in [7, 11) is 1.36. The van der Waals surface area contributed by atoms with Gasteiger partial charge in [0.2, 0.25) is 0 Å². The first-order valence-electron chi connectivity index (χ1n) is 10.1. The average Bonchev–Trinajstić information content (AvgIpc) is 3.16. The molecule has 3 aromatic rings. The van der Waals surface area contributed by atoms with Gasteiger partial charge in [-0.15, -0.1) is 0 Å². The number of rotatable bonds is 7. The Bertz CT molecular complexity index is 1120. The highest BCUT2D eigenvalue weighted by atomic mass is 79.9. The number of nitrogens with zero attached hydrogens (tertiary/aromatic N) is 1. The summed E-state index contributed by atoms with van der Waals surface area (Å²) >= 11 is 3.51. The smallest absolute Gasteiger partial charge is 0.410 e. The normalized spacial score (nSPS) is 15.4. The summed E-state index contributed by atoms with van der Waals surface area (Å²) in [5, 5.41) is 0. The lowest BCUT2D eigenvalue weighted by atomic mass is 10.1. The number of benzene rings is 3. The van der Waals surface area contributed by atoms with Crippen LogP contribution in [0.1, 0.15) is 22.7 Å². The molecule has 1 aliphatic rings. The second-order valence-corrected chi connectivity index (χ2v) is 8.30. The van der Waals surface area contributed by atoms with Gasteiger partial charge in [-0.05, 0) is 41.5 Å². The number of esters is 1. The van der Waals surface area contributed by atoms with Crippen LogP contribution >= 0.6 is 15.9 Å². The molecule has 1 amide bonds. The molecule has 7 heteroatoms. The number of hydrogen-bond donors (Lipinski definition) is 0. The summed E-state index contributed by atoms with van der Waals surface area (Å²) in [6, 6.07) is 22.6. The molecule has 0 aromatic heterocycles. The zero-order valence-electron chi connectivity index (χ0n) is 17.5. The van der Waals surface area contributed by atoms with Gasteiger partial charge in [0, 0.05) is 10.0 Å². The van der Waals surface area contributed by atoms with E-state index in [1.165, 1.54) is 7.11 Å². The van der Waals surface area contributed by atoms with E-state index in [1.54, 1.807) is 11.0 Å². The fraction of sp³-hybridized carbons (Fsp3) is 0.200. The van der Waals surface area contributed by atoms with Gasteiger partial charge in [0.25, 0.3) is 0 Å². The Labute approximate surface area is 194 Å². The maximum Gasteiger partial charge on any atom is 0.410 e. The zero-order chi connectivity index (χ0) is 22.5. The number of carbonyl (C=O) groups is 2. The van der Waals surface area contributed by atoms with Crippen molar-refractivity contribution < 1.29 is 23.8 Å². The van der Waals surface area contributed by atoms with E-state index in [0.717, 1.165) is 21.2 Å². The van der Waals surface area contributed by atoms with Crippen LogP contribution in [0.15, 0.2) is 77.3 Å². The molecule has 164 valence electrons. The Balaban J connectivity index is 1.58. The molecule has 1 atom stereocenters. The van der Waals surface area contributed by atoms with Crippen molar-refractivity contribution in [3.05, 3.63) is 94.0 Å². The molecular formula is C25H22BrNO5. The fourth-order valence-electron chi connectivity index (χ4n) is 3.62. The summed E-state index contributed by atoms with van der Waals surface area (Å²) in [6.45, 7) is 0.637. The van der Waals surface area contributed by atoms with E-state index in [1.807, 2.05) is 66.7 Å². The molecule has 1 saturated heterocycles. The highest BCUT2D eigenvalue weighted by molar-refractivity contribution is 9.10. The van der Waals surface area contributed by atoms with Crippen LogP contribution < -0.4 is 4.74 Å². The first kappa shape index (κ1) is 21.9. The largest absolute Gasteiger partial charge is 0.469 e. The Morgan fingerprint density at radius 1 is 1.09 bits per heavy atom. The highest BCUT2D eigenvalue weighted by Crippen LogP contribution is 2.34. The molecule has 32 heavy (non-hydrogen) atoms. The molecule has 0 unspecified atom stereocenters. The van der Waals surface area contributed by atoms with E-state index < -0.39 is 0 Å². The Morgan fingerprint density at radius 2 is 1.91 bits per heavy atom. The van der Waals surface area contributed by atoms with Crippen LogP contribution in [0, 0.1) is 0 Å². The molecule has 0 spiro atoms. The molecule has 0 aliphatic carbocycles. The third kappa shape index (κ3) is 5.11. The number of ether oxygens (including phenoxy) is 3. The predicted molar refractivity (Wildman–Crippen MR) is 122 cm³/mol. The van der Waals surface area contributed by atoms with Gasteiger partial charge < -0.3 is 14.2 Å². The lowest BCUT2D eigenvalue weighted by Gasteiger charge is -2.23. The van der Waals surface area contributed by atoms with Gasteiger partial charge >= 0.3 is 12.1 Å². The fourth-order valence-corrected chi connectivity index (χ4v) is 4.02. The van der Waals surface area contributed by atoms with E-state index >= 15 is 0 Å². The van der Waals surface area contributed by atoms with Crippen molar-refractivity contribution >= 4 is 28.0 Å². The van der Waals surface area contributed by atoms with E-state index in [9.17, 15) is 9.59 Å². The SMILES string of the molecule is COC(=O)Cc1cccc(Oc2ccc(Br)cc2CN2C(=O)OC[C@@H]2c2ccccc2)c1. The number of amides is 1. The third-order valence-corrected chi connectivity index (χ3v) is 5.72. The number of cyclic esters (lactones) is 1. The lowest BCUT2D eigenvalue weighted by molar-refractivity contribution is -0.139. The van der Waals surface area contributed by atoms with Crippen LogP contribution in [0.3, 0.4) is 0 Å². The first-order valence-corrected chi connectivity index (χ1v) is 10.9. The van der Waals surface area contributed by atoms with Gasteiger partial charge in [-0.25, -0.2) is 4.79 Å². The minimum absolute atomic E-state index is 0.166. The van der Waals surface area contributed by atoms with Crippen LogP contribution in [0.4, 0.5) is 4.79 Å². The van der Waals surface area contributed by atoms with Crippen molar-refractivity contribution in [3.8, 4) is 11.5 Å². The summed E-state index contributed by atoms with van der Waals surface area (Å²) in [5.41, 5.74) is 2.64. The van der Waals surface area contributed by atoms with Gasteiger partial charge in [0.15, 0.2) is 0 Å². The summed E-state index contributed by atoms with van der Waals surface area (Å²) in [6.07, 6.45) is -0.191. The van der Waals surface area contributed by atoms with Crippen molar-refractivity contribution in [3.63, 3.8) is 0 Å². The molecule has 0 bridgehead atoms. The average molecular weight is 496 g/mol. The molecule has 1 heterocycles. The van der Waals surface area contributed by atoms with Crippen LogP contribution in [0.5, 0.6) is 11.5 Å². The van der Waals surface area contributed by atoms with Crippen molar-refractivity contribution in [1.82, 2.24) is 4.90 Å². The minimum Gasteiger partial charge on any atom is -0.469 e. The van der Waals surface area contributed by atoms with Gasteiger partial charge in [0.05, 0.1) is 26.1 Å². The second-order valence-electron chi connectivity index (χ2n) is 7.39. The Hall–Kier alpha value is -3.32. The van der Waals surface area contributed by atoms with Crippen LogP contribution in [-0.4, -0.2) is 30.7 Å². The summed E-state index contributed by atoms with van der Waals surface area (Å²) < 4.78 is 17.1. The topological polar surface area (TPSA) is 65.1 Å². The van der Waals surface area contributed by atoms with Gasteiger partial charge in [0.1, 0.15) is 18.1 Å². The van der Waals surface area contributed by atoms with Crippen LogP contribution in [0.2, 0.25) is 0 Å². The van der Waals surface area contributed by atoms with E-state index in [4.69, 9.17) is 14.2 Å². The molecule has 0 N–H and O–H groups in total. The molecule has 1 fully saturated rings. The molecule has 3 aromatic carbocycles. The van der Waals surface area contributed by atoms with Crippen molar-refractivity contribution in [2.24, 2.45) is 0 Å². The lowest BCUT2D eigenvalue weighted by Crippen LogP contribution is -2.27. The quantitative estimate of drug-likeness (QED) is 0.396. The Morgan fingerprint density at radius 3 is 2.69 bits per heavy atom. The number of carbonyl (C=O) groups excluding carboxylic acids is 2. The third-order valence-electron chi connectivity index (χ3n) is 5.23. The maximum atomic E-state index is 12.5. The van der Waals surface area contributed by atoms with Gasteiger partial charge in [-0.2, -0.15) is 0 Å². The van der Waals surface area contributed by atoms with Crippen molar-refractivity contribution in [2.75, 3.05) is 13.7 Å². The van der Waals surface area contributed by atoms with E-state index in [0.29, 0.717) is 24.7 Å². The number of hydrogen-bond acceptors (Lipinski definition) is 5. The zero-order valence-corrected chi connectivity index (χ0v) is 19.1. The van der Waals surface area contributed by atoms with Gasteiger partial charge in [-0.3, -0.25) is 9.69 Å². The molecule has 4 rings (SSSR count). The highest BCUT2D eigenvalue weighted by Gasteiger charge is 2.34.